The van der Waals surface area contributed by atoms with Gasteiger partial charge in [-0.2, -0.15) is 0 Å². The van der Waals surface area contributed by atoms with E-state index in [-0.39, 0.29) is 17.9 Å². The van der Waals surface area contributed by atoms with E-state index in [1.165, 1.54) is 11.0 Å². The van der Waals surface area contributed by atoms with Gasteiger partial charge in [0.1, 0.15) is 0 Å². The molecule has 1 aromatic carbocycles. The van der Waals surface area contributed by atoms with Gasteiger partial charge in [-0.15, -0.1) is 0 Å². The van der Waals surface area contributed by atoms with Gasteiger partial charge in [0.25, 0.3) is 11.8 Å². The molecule has 1 atom stereocenters. The SMILES string of the molecule is CCC(C)N1C(=O)C=C(c2ccccc2)C1=O. The fraction of sp³-hybridized carbons (Fsp3) is 0.286. The van der Waals surface area contributed by atoms with Crippen LogP contribution in [0.3, 0.4) is 0 Å². The lowest BCUT2D eigenvalue weighted by atomic mass is 10.1. The summed E-state index contributed by atoms with van der Waals surface area (Å²) in [6.07, 6.45) is 2.21. The molecule has 2 amide bonds. The molecule has 0 bridgehead atoms. The Morgan fingerprint density at radius 2 is 1.82 bits per heavy atom. The first-order valence-corrected chi connectivity index (χ1v) is 5.79. The van der Waals surface area contributed by atoms with E-state index in [1.807, 2.05) is 44.2 Å². The Bertz CT molecular complexity index is 476. The van der Waals surface area contributed by atoms with Crippen molar-refractivity contribution in [3.05, 3.63) is 42.0 Å². The third-order valence-electron chi connectivity index (χ3n) is 3.07. The summed E-state index contributed by atoms with van der Waals surface area (Å²) < 4.78 is 0. The molecule has 1 unspecified atom stereocenters. The van der Waals surface area contributed by atoms with Crippen molar-refractivity contribution >= 4 is 17.4 Å². The van der Waals surface area contributed by atoms with Crippen molar-refractivity contribution in [2.75, 3.05) is 0 Å². The van der Waals surface area contributed by atoms with Crippen molar-refractivity contribution in [3.63, 3.8) is 0 Å². The molecule has 0 aromatic heterocycles. The van der Waals surface area contributed by atoms with Gasteiger partial charge in [-0.05, 0) is 18.9 Å². The second kappa shape index (κ2) is 4.53. The van der Waals surface area contributed by atoms with Gasteiger partial charge < -0.3 is 0 Å². The number of hydrogen-bond donors (Lipinski definition) is 0. The van der Waals surface area contributed by atoms with Crippen molar-refractivity contribution in [2.24, 2.45) is 0 Å². The number of carbonyl (C=O) groups is 2. The maximum absolute atomic E-state index is 12.2. The Labute approximate surface area is 101 Å². The zero-order chi connectivity index (χ0) is 12.4. The third-order valence-corrected chi connectivity index (χ3v) is 3.07. The fourth-order valence-corrected chi connectivity index (χ4v) is 1.91. The Morgan fingerprint density at radius 1 is 1.18 bits per heavy atom. The van der Waals surface area contributed by atoms with Crippen LogP contribution in [0.25, 0.3) is 5.57 Å². The summed E-state index contributed by atoms with van der Waals surface area (Å²) >= 11 is 0. The van der Waals surface area contributed by atoms with E-state index in [9.17, 15) is 9.59 Å². The van der Waals surface area contributed by atoms with Crippen LogP contribution >= 0.6 is 0 Å². The highest BCUT2D eigenvalue weighted by Gasteiger charge is 2.34. The van der Waals surface area contributed by atoms with Crippen LogP contribution in [0.5, 0.6) is 0 Å². The van der Waals surface area contributed by atoms with Crippen LogP contribution in [0.15, 0.2) is 36.4 Å². The molecule has 0 fully saturated rings. The van der Waals surface area contributed by atoms with E-state index < -0.39 is 0 Å². The minimum atomic E-state index is -0.205. The molecule has 17 heavy (non-hydrogen) atoms. The summed E-state index contributed by atoms with van der Waals surface area (Å²) in [5.41, 5.74) is 1.30. The maximum atomic E-state index is 12.2. The number of rotatable bonds is 3. The highest BCUT2D eigenvalue weighted by molar-refractivity contribution is 6.33. The smallest absolute Gasteiger partial charge is 0.261 e. The molecule has 3 heteroatoms. The number of imide groups is 1. The second-order valence-corrected chi connectivity index (χ2v) is 4.19. The standard InChI is InChI=1S/C14H15NO2/c1-3-10(2)15-13(16)9-12(14(15)17)11-7-5-4-6-8-11/h4-10H,3H2,1-2H3. The molecule has 0 radical (unpaired) electrons. The van der Waals surface area contributed by atoms with Crippen LogP contribution in [0.2, 0.25) is 0 Å². The predicted molar refractivity (Wildman–Crippen MR) is 66.0 cm³/mol. The second-order valence-electron chi connectivity index (χ2n) is 4.19. The number of nitrogens with zero attached hydrogens (tertiary/aromatic N) is 1. The summed E-state index contributed by atoms with van der Waals surface area (Å²) in [5.74, 6) is -0.390. The van der Waals surface area contributed by atoms with Crippen LogP contribution in [-0.2, 0) is 9.59 Å². The highest BCUT2D eigenvalue weighted by atomic mass is 16.2. The zero-order valence-electron chi connectivity index (χ0n) is 10.0. The Kier molecular flexibility index (Phi) is 3.09. The van der Waals surface area contributed by atoms with Crippen molar-refractivity contribution < 1.29 is 9.59 Å². The number of hydrogen-bond acceptors (Lipinski definition) is 2. The van der Waals surface area contributed by atoms with Crippen LogP contribution in [0.1, 0.15) is 25.8 Å². The van der Waals surface area contributed by atoms with E-state index in [1.54, 1.807) is 0 Å². The monoisotopic (exact) mass is 229 g/mol. The summed E-state index contributed by atoms with van der Waals surface area (Å²) in [6, 6.07) is 9.25. The zero-order valence-corrected chi connectivity index (χ0v) is 10.0. The van der Waals surface area contributed by atoms with Gasteiger partial charge in [0.2, 0.25) is 0 Å². The molecule has 3 nitrogen and oxygen atoms in total. The third kappa shape index (κ3) is 2.00. The van der Waals surface area contributed by atoms with Crippen molar-refractivity contribution in [1.82, 2.24) is 4.90 Å². The van der Waals surface area contributed by atoms with Gasteiger partial charge in [-0.3, -0.25) is 14.5 Å². The van der Waals surface area contributed by atoms with E-state index in [2.05, 4.69) is 0 Å². The molecule has 1 aliphatic heterocycles. The van der Waals surface area contributed by atoms with Crippen molar-refractivity contribution in [1.29, 1.82) is 0 Å². The Hall–Kier alpha value is -1.90. The predicted octanol–water partition coefficient (Wildman–Crippen LogP) is 2.24. The topological polar surface area (TPSA) is 37.4 Å². The van der Waals surface area contributed by atoms with E-state index >= 15 is 0 Å². The van der Waals surface area contributed by atoms with E-state index in [0.717, 1.165) is 12.0 Å². The Balaban J connectivity index is 2.32. The normalized spacial score (nSPS) is 17.3. The molecule has 1 aromatic rings. The van der Waals surface area contributed by atoms with Crippen LogP contribution in [0, 0.1) is 0 Å². The van der Waals surface area contributed by atoms with Crippen LogP contribution in [-0.4, -0.2) is 22.8 Å². The molecule has 2 rings (SSSR count). The fourth-order valence-electron chi connectivity index (χ4n) is 1.91. The lowest BCUT2D eigenvalue weighted by Gasteiger charge is -2.21. The number of carbonyl (C=O) groups excluding carboxylic acids is 2. The summed E-state index contributed by atoms with van der Waals surface area (Å²) in [6.45, 7) is 3.85. The maximum Gasteiger partial charge on any atom is 0.261 e. The molecule has 0 spiro atoms. The van der Waals surface area contributed by atoms with Crippen LogP contribution in [0.4, 0.5) is 0 Å². The number of benzene rings is 1. The average Bonchev–Trinajstić information content (AvgIpc) is 2.65. The molecule has 1 aliphatic rings. The molecular weight excluding hydrogens is 214 g/mol. The molecular formula is C14H15NO2. The minimum Gasteiger partial charge on any atom is -0.272 e. The first-order valence-electron chi connectivity index (χ1n) is 5.79. The van der Waals surface area contributed by atoms with Gasteiger partial charge in [0.15, 0.2) is 0 Å². The molecule has 88 valence electrons. The Morgan fingerprint density at radius 3 is 2.41 bits per heavy atom. The van der Waals surface area contributed by atoms with E-state index in [0.29, 0.717) is 5.57 Å². The van der Waals surface area contributed by atoms with E-state index in [4.69, 9.17) is 0 Å². The summed E-state index contributed by atoms with van der Waals surface area (Å²) in [5, 5.41) is 0. The van der Waals surface area contributed by atoms with Gasteiger partial charge in [-0.1, -0.05) is 37.3 Å². The lowest BCUT2D eigenvalue weighted by Crippen LogP contribution is -2.38. The van der Waals surface area contributed by atoms with Crippen LogP contribution < -0.4 is 0 Å². The molecule has 1 heterocycles. The van der Waals surface area contributed by atoms with Gasteiger partial charge in [0, 0.05) is 12.1 Å². The summed E-state index contributed by atoms with van der Waals surface area (Å²) in [4.78, 5) is 25.3. The first kappa shape index (κ1) is 11.6. The first-order chi connectivity index (χ1) is 8.15. The largest absolute Gasteiger partial charge is 0.272 e. The highest BCUT2D eigenvalue weighted by Crippen LogP contribution is 2.25. The summed E-state index contributed by atoms with van der Waals surface area (Å²) in [7, 11) is 0. The molecule has 0 N–H and O–H groups in total. The van der Waals surface area contributed by atoms with Gasteiger partial charge >= 0.3 is 0 Å². The van der Waals surface area contributed by atoms with Gasteiger partial charge in [0.05, 0.1) is 5.57 Å². The lowest BCUT2D eigenvalue weighted by molar-refractivity contribution is -0.138. The van der Waals surface area contributed by atoms with Gasteiger partial charge in [-0.25, -0.2) is 0 Å². The molecule has 0 aliphatic carbocycles. The quantitative estimate of drug-likeness (QED) is 0.745. The van der Waals surface area contributed by atoms with Crippen molar-refractivity contribution in [3.8, 4) is 0 Å². The molecule has 0 saturated heterocycles. The average molecular weight is 229 g/mol. The molecule has 0 saturated carbocycles. The van der Waals surface area contributed by atoms with Crippen molar-refractivity contribution in [2.45, 2.75) is 26.3 Å². The number of amides is 2. The minimum absolute atomic E-state index is 0.0486.